The molecule has 3 aliphatic rings. The zero-order chi connectivity index (χ0) is 25.7. The zero-order valence-electron chi connectivity index (χ0n) is 21.1. The number of carbonyl (C=O) groups is 3. The van der Waals surface area contributed by atoms with Gasteiger partial charge in [-0.3, -0.25) is 24.0 Å². The van der Waals surface area contributed by atoms with E-state index >= 15 is 0 Å². The standard InChI is InChI=1S/C25H35N7O4/c1-16(2)11-21-24(34)26-13-19-15-32(30-29-19)9-4-10-36-20-7-5-17(6-8-20)23(33)27-18-12-22(25(35)28-21)31(3)14-18/h5-8,15-16,18,21-22H,4,9-14H2,1-3H3,(H,26,34)(H,27,33)(H,28,35)/t18-,21+,22-/m0/s1. The normalized spacial score (nSPS) is 24.3. The number of likely N-dealkylation sites (N-methyl/N-ethyl adjacent to an activating group) is 1. The lowest BCUT2D eigenvalue weighted by Gasteiger charge is -2.24. The van der Waals surface area contributed by atoms with Crippen molar-refractivity contribution >= 4 is 17.7 Å². The number of likely N-dealkylation sites (tertiary alicyclic amines) is 1. The average molecular weight is 498 g/mol. The molecule has 3 N–H and O–H groups in total. The van der Waals surface area contributed by atoms with Gasteiger partial charge in [0.1, 0.15) is 17.5 Å². The highest BCUT2D eigenvalue weighted by Gasteiger charge is 2.37. The Bertz CT molecular complexity index is 1070. The zero-order valence-corrected chi connectivity index (χ0v) is 21.1. The van der Waals surface area contributed by atoms with Gasteiger partial charge in [-0.2, -0.15) is 0 Å². The molecule has 0 saturated carbocycles. The fourth-order valence-electron chi connectivity index (χ4n) is 4.60. The smallest absolute Gasteiger partial charge is 0.251 e. The molecule has 1 saturated heterocycles. The van der Waals surface area contributed by atoms with Crippen molar-refractivity contribution in [1.82, 2.24) is 35.8 Å². The summed E-state index contributed by atoms with van der Waals surface area (Å²) in [5.74, 6) is 0.230. The van der Waals surface area contributed by atoms with Crippen LogP contribution in [0, 0.1) is 5.92 Å². The summed E-state index contributed by atoms with van der Waals surface area (Å²) in [6.45, 7) is 5.89. The third-order valence-electron chi connectivity index (χ3n) is 6.47. The van der Waals surface area contributed by atoms with Crippen LogP contribution in [0.4, 0.5) is 0 Å². The fourth-order valence-corrected chi connectivity index (χ4v) is 4.60. The van der Waals surface area contributed by atoms with E-state index in [1.54, 1.807) is 35.1 Å². The van der Waals surface area contributed by atoms with E-state index in [0.29, 0.717) is 49.5 Å². The molecule has 1 fully saturated rings. The molecule has 1 aromatic carbocycles. The third kappa shape index (κ3) is 6.60. The number of aromatic nitrogens is 3. The Morgan fingerprint density at radius 1 is 1.11 bits per heavy atom. The third-order valence-corrected chi connectivity index (χ3v) is 6.47. The molecule has 0 unspecified atom stereocenters. The topological polar surface area (TPSA) is 130 Å². The van der Waals surface area contributed by atoms with E-state index in [0.717, 1.165) is 6.42 Å². The molecule has 0 radical (unpaired) electrons. The summed E-state index contributed by atoms with van der Waals surface area (Å²) in [4.78, 5) is 40.8. The maximum absolute atomic E-state index is 13.2. The minimum Gasteiger partial charge on any atom is -0.494 e. The van der Waals surface area contributed by atoms with E-state index in [9.17, 15) is 14.4 Å². The maximum Gasteiger partial charge on any atom is 0.251 e. The number of benzene rings is 1. The molecule has 2 aromatic rings. The van der Waals surface area contributed by atoms with Crippen LogP contribution >= 0.6 is 0 Å². The Morgan fingerprint density at radius 3 is 2.64 bits per heavy atom. The SMILES string of the molecule is CC(C)C[C@H]1NC(=O)[C@@H]2C[C@@H](CN2C)NC(=O)c2ccc(cc2)OCCCn2cc(nn2)CNC1=O. The molecule has 36 heavy (non-hydrogen) atoms. The van der Waals surface area contributed by atoms with Crippen LogP contribution in [0.15, 0.2) is 30.5 Å². The fraction of sp³-hybridized carbons (Fsp3) is 0.560. The molecule has 1 aromatic heterocycles. The van der Waals surface area contributed by atoms with Gasteiger partial charge in [-0.25, -0.2) is 0 Å². The highest BCUT2D eigenvalue weighted by molar-refractivity contribution is 5.95. The van der Waals surface area contributed by atoms with Crippen LogP contribution in [-0.4, -0.2) is 75.9 Å². The first-order valence-electron chi connectivity index (χ1n) is 12.5. The molecule has 0 aliphatic carbocycles. The quantitative estimate of drug-likeness (QED) is 0.557. The van der Waals surface area contributed by atoms with Crippen molar-refractivity contribution in [1.29, 1.82) is 0 Å². The van der Waals surface area contributed by atoms with Crippen molar-refractivity contribution in [3.8, 4) is 5.75 Å². The summed E-state index contributed by atoms with van der Waals surface area (Å²) >= 11 is 0. The van der Waals surface area contributed by atoms with Crippen molar-refractivity contribution in [2.75, 3.05) is 20.2 Å². The Labute approximate surface area is 210 Å². The molecule has 6 bridgehead atoms. The van der Waals surface area contributed by atoms with Crippen molar-refractivity contribution in [3.63, 3.8) is 0 Å². The molecule has 5 rings (SSSR count). The number of rotatable bonds is 2. The number of aryl methyl sites for hydroxylation is 1. The summed E-state index contributed by atoms with van der Waals surface area (Å²) in [5.41, 5.74) is 1.18. The van der Waals surface area contributed by atoms with Gasteiger partial charge in [-0.15, -0.1) is 5.10 Å². The van der Waals surface area contributed by atoms with Crippen LogP contribution in [-0.2, 0) is 22.7 Å². The summed E-state index contributed by atoms with van der Waals surface area (Å²) in [5, 5.41) is 17.1. The number of hydrogen-bond donors (Lipinski definition) is 3. The summed E-state index contributed by atoms with van der Waals surface area (Å²) in [7, 11) is 1.85. The average Bonchev–Trinajstić information content (AvgIpc) is 3.45. The minimum absolute atomic E-state index is 0.174. The molecule has 4 heterocycles. The molecule has 194 valence electrons. The number of amides is 3. The Hall–Kier alpha value is -3.47. The van der Waals surface area contributed by atoms with Crippen molar-refractivity contribution < 1.29 is 19.1 Å². The second-order valence-electron chi connectivity index (χ2n) is 9.97. The largest absolute Gasteiger partial charge is 0.494 e. The molecular formula is C25H35N7O4. The Balaban J connectivity index is 1.51. The number of ether oxygens (including phenoxy) is 1. The van der Waals surface area contributed by atoms with Gasteiger partial charge in [0.2, 0.25) is 11.8 Å². The van der Waals surface area contributed by atoms with Crippen molar-refractivity contribution in [2.24, 2.45) is 5.92 Å². The predicted molar refractivity (Wildman–Crippen MR) is 132 cm³/mol. The first-order chi connectivity index (χ1) is 17.3. The van der Waals surface area contributed by atoms with Crippen molar-refractivity contribution in [2.45, 2.75) is 64.3 Å². The lowest BCUT2D eigenvalue weighted by molar-refractivity contribution is -0.131. The van der Waals surface area contributed by atoms with E-state index in [4.69, 9.17) is 4.74 Å². The first-order valence-corrected chi connectivity index (χ1v) is 12.5. The van der Waals surface area contributed by atoms with Gasteiger partial charge in [0.05, 0.1) is 25.4 Å². The van der Waals surface area contributed by atoms with Gasteiger partial charge >= 0.3 is 0 Å². The summed E-state index contributed by atoms with van der Waals surface area (Å²) in [6, 6.07) is 5.75. The van der Waals surface area contributed by atoms with E-state index < -0.39 is 12.1 Å². The predicted octanol–water partition coefficient (Wildman–Crippen LogP) is 0.710. The summed E-state index contributed by atoms with van der Waals surface area (Å²) in [6.07, 6.45) is 3.49. The van der Waals surface area contributed by atoms with Crippen LogP contribution in [0.3, 0.4) is 0 Å². The van der Waals surface area contributed by atoms with Crippen LogP contribution in [0.25, 0.3) is 0 Å². The maximum atomic E-state index is 13.2. The molecule has 11 nitrogen and oxygen atoms in total. The van der Waals surface area contributed by atoms with Crippen LogP contribution in [0.5, 0.6) is 5.75 Å². The Kier molecular flexibility index (Phi) is 8.19. The number of nitrogens with one attached hydrogen (secondary N) is 3. The molecule has 3 amide bonds. The Morgan fingerprint density at radius 2 is 1.89 bits per heavy atom. The lowest BCUT2D eigenvalue weighted by atomic mass is 10.0. The summed E-state index contributed by atoms with van der Waals surface area (Å²) < 4.78 is 7.50. The van der Waals surface area contributed by atoms with Gasteiger partial charge in [0.25, 0.3) is 5.91 Å². The van der Waals surface area contributed by atoms with Gasteiger partial charge in [-0.05, 0) is 50.1 Å². The van der Waals surface area contributed by atoms with E-state index in [-0.39, 0.29) is 36.2 Å². The van der Waals surface area contributed by atoms with Gasteiger partial charge in [0.15, 0.2) is 0 Å². The highest BCUT2D eigenvalue weighted by atomic mass is 16.5. The van der Waals surface area contributed by atoms with Crippen molar-refractivity contribution in [3.05, 3.63) is 41.7 Å². The van der Waals surface area contributed by atoms with E-state index in [1.807, 2.05) is 25.8 Å². The van der Waals surface area contributed by atoms with Crippen LogP contribution < -0.4 is 20.7 Å². The minimum atomic E-state index is -0.664. The van der Waals surface area contributed by atoms with Crippen LogP contribution in [0.2, 0.25) is 0 Å². The lowest BCUT2D eigenvalue weighted by Crippen LogP contribution is -2.52. The van der Waals surface area contributed by atoms with E-state index in [1.165, 1.54) is 0 Å². The number of hydrogen-bond acceptors (Lipinski definition) is 7. The second kappa shape index (κ2) is 11.5. The first kappa shape index (κ1) is 25.6. The number of fused-ring (bicyclic) bond motifs is 11. The number of carbonyl (C=O) groups excluding carboxylic acids is 3. The molecular weight excluding hydrogens is 462 g/mol. The molecule has 3 atom stereocenters. The van der Waals surface area contributed by atoms with Gasteiger partial charge in [-0.1, -0.05) is 19.1 Å². The number of nitrogens with zero attached hydrogens (tertiary/aromatic N) is 4. The molecule has 0 spiro atoms. The van der Waals surface area contributed by atoms with E-state index in [2.05, 4.69) is 26.3 Å². The van der Waals surface area contributed by atoms with Gasteiger partial charge in [0, 0.05) is 31.1 Å². The van der Waals surface area contributed by atoms with Crippen LogP contribution in [0.1, 0.15) is 49.2 Å². The molecule has 3 aliphatic heterocycles. The van der Waals surface area contributed by atoms with Gasteiger partial charge < -0.3 is 20.7 Å². The molecule has 11 heteroatoms. The highest BCUT2D eigenvalue weighted by Crippen LogP contribution is 2.19. The monoisotopic (exact) mass is 497 g/mol. The second-order valence-corrected chi connectivity index (χ2v) is 9.97.